The minimum absolute atomic E-state index is 0.0886. The maximum atomic E-state index is 12.7. The lowest BCUT2D eigenvalue weighted by Crippen LogP contribution is -2.21. The molecule has 0 aliphatic carbocycles. The summed E-state index contributed by atoms with van der Waals surface area (Å²) in [5, 5.41) is 0. The normalized spacial score (nSPS) is 12.1. The zero-order valence-electron chi connectivity index (χ0n) is 22.8. The molecule has 0 fully saturated rings. The molecule has 0 saturated heterocycles. The van der Waals surface area contributed by atoms with Gasteiger partial charge in [0.25, 0.3) is 0 Å². The first-order valence-electron chi connectivity index (χ1n) is 14.9. The molecule has 1 atom stereocenters. The van der Waals surface area contributed by atoms with E-state index in [-0.39, 0.29) is 17.9 Å². The van der Waals surface area contributed by atoms with Crippen molar-refractivity contribution in [3.05, 3.63) is 0 Å². The highest BCUT2D eigenvalue weighted by atomic mass is 16.6. The Bertz CT molecular complexity index is 432. The Balaban J connectivity index is 4.15. The second-order valence-corrected chi connectivity index (χ2v) is 10.2. The third-order valence-corrected chi connectivity index (χ3v) is 6.84. The average molecular weight is 467 g/mol. The fourth-order valence-corrected chi connectivity index (χ4v) is 4.55. The van der Waals surface area contributed by atoms with E-state index in [1.165, 1.54) is 103 Å². The Morgan fingerprint density at radius 3 is 1.21 bits per heavy atom. The van der Waals surface area contributed by atoms with Crippen molar-refractivity contribution < 1.29 is 14.3 Å². The van der Waals surface area contributed by atoms with Gasteiger partial charge in [0.15, 0.2) is 0 Å². The molecule has 33 heavy (non-hydrogen) atoms. The van der Waals surface area contributed by atoms with Crippen molar-refractivity contribution in [1.29, 1.82) is 0 Å². The summed E-state index contributed by atoms with van der Waals surface area (Å²) < 4.78 is 5.25. The minimum atomic E-state index is -0.322. The molecule has 0 aromatic heterocycles. The lowest BCUT2D eigenvalue weighted by atomic mass is 9.94. The van der Waals surface area contributed by atoms with E-state index in [0.717, 1.165) is 44.9 Å². The summed E-state index contributed by atoms with van der Waals surface area (Å²) in [5.41, 5.74) is 0. The van der Waals surface area contributed by atoms with Gasteiger partial charge in [-0.3, -0.25) is 9.59 Å². The molecule has 0 aromatic rings. The summed E-state index contributed by atoms with van der Waals surface area (Å²) in [5.74, 6) is -0.665. The average Bonchev–Trinajstić information content (AvgIpc) is 2.80. The second-order valence-electron chi connectivity index (χ2n) is 10.2. The van der Waals surface area contributed by atoms with Crippen LogP contribution in [0.5, 0.6) is 0 Å². The van der Waals surface area contributed by atoms with Gasteiger partial charge in [0, 0.05) is 6.42 Å². The van der Waals surface area contributed by atoms with E-state index in [2.05, 4.69) is 20.8 Å². The number of hydrogen-bond acceptors (Lipinski definition) is 3. The summed E-state index contributed by atoms with van der Waals surface area (Å²) in [6, 6.07) is 0. The number of ether oxygens (including phenoxy) is 1. The number of hydrogen-bond donors (Lipinski definition) is 0. The van der Waals surface area contributed by atoms with E-state index < -0.39 is 0 Å². The van der Waals surface area contributed by atoms with Gasteiger partial charge in [-0.25, -0.2) is 0 Å². The number of unbranched alkanes of at least 4 members (excludes halogenated alkanes) is 18. The Morgan fingerprint density at radius 1 is 0.485 bits per heavy atom. The first-order chi connectivity index (χ1) is 16.2. The van der Waals surface area contributed by atoms with E-state index in [4.69, 9.17) is 4.74 Å². The molecule has 0 aliphatic rings. The summed E-state index contributed by atoms with van der Waals surface area (Å²) in [6.45, 7) is 6.63. The fourth-order valence-electron chi connectivity index (χ4n) is 4.55. The largest absolute Gasteiger partial charge is 0.393 e. The van der Waals surface area contributed by atoms with Gasteiger partial charge in [-0.1, -0.05) is 149 Å². The summed E-state index contributed by atoms with van der Waals surface area (Å²) in [7, 11) is 0. The number of carbonyl (C=O) groups excluding carboxylic acids is 2. The third kappa shape index (κ3) is 22.7. The first kappa shape index (κ1) is 32.1. The Kier molecular flexibility index (Phi) is 25.1. The summed E-state index contributed by atoms with van der Waals surface area (Å²) in [4.78, 5) is 24.7. The molecule has 0 heterocycles. The van der Waals surface area contributed by atoms with Crippen molar-refractivity contribution in [2.75, 3.05) is 0 Å². The number of carbonyl (C=O) groups is 2. The van der Waals surface area contributed by atoms with Crippen LogP contribution in [0.1, 0.15) is 175 Å². The van der Waals surface area contributed by atoms with Gasteiger partial charge in [0.1, 0.15) is 0 Å². The van der Waals surface area contributed by atoms with Crippen molar-refractivity contribution >= 4 is 11.9 Å². The molecule has 0 amide bonds. The Morgan fingerprint density at radius 2 is 0.818 bits per heavy atom. The van der Waals surface area contributed by atoms with Crippen molar-refractivity contribution in [1.82, 2.24) is 0 Å². The van der Waals surface area contributed by atoms with Crippen LogP contribution in [0.25, 0.3) is 0 Å². The monoisotopic (exact) mass is 466 g/mol. The highest BCUT2D eigenvalue weighted by Crippen LogP contribution is 2.21. The van der Waals surface area contributed by atoms with E-state index in [9.17, 15) is 9.59 Å². The zero-order valence-corrected chi connectivity index (χ0v) is 22.8. The molecule has 1 unspecified atom stereocenters. The molecule has 0 saturated carbocycles. The maximum absolute atomic E-state index is 12.7. The van der Waals surface area contributed by atoms with Crippen molar-refractivity contribution in [3.8, 4) is 0 Å². The Labute approximate surface area is 207 Å². The molecule has 3 nitrogen and oxygen atoms in total. The zero-order chi connectivity index (χ0) is 24.4. The molecular weight excluding hydrogens is 408 g/mol. The molecule has 3 heteroatoms. The second kappa shape index (κ2) is 25.8. The van der Waals surface area contributed by atoms with Crippen LogP contribution in [-0.4, -0.2) is 11.9 Å². The maximum Gasteiger partial charge on any atom is 0.316 e. The van der Waals surface area contributed by atoms with Gasteiger partial charge >= 0.3 is 11.9 Å². The van der Waals surface area contributed by atoms with E-state index in [1.54, 1.807) is 0 Å². The third-order valence-electron chi connectivity index (χ3n) is 6.84. The molecular formula is C30H58O3. The lowest BCUT2D eigenvalue weighted by molar-refractivity contribution is -0.163. The number of rotatable bonds is 25. The van der Waals surface area contributed by atoms with Crippen LogP contribution in [0.2, 0.25) is 0 Å². The highest BCUT2D eigenvalue weighted by Gasteiger charge is 2.22. The molecule has 0 bridgehead atoms. The van der Waals surface area contributed by atoms with Crippen LogP contribution < -0.4 is 0 Å². The van der Waals surface area contributed by atoms with Crippen molar-refractivity contribution in [2.45, 2.75) is 175 Å². The van der Waals surface area contributed by atoms with Gasteiger partial charge in [-0.15, -0.1) is 0 Å². The van der Waals surface area contributed by atoms with Crippen LogP contribution in [0, 0.1) is 5.92 Å². The van der Waals surface area contributed by atoms with Gasteiger partial charge in [-0.05, 0) is 19.3 Å². The minimum Gasteiger partial charge on any atom is -0.393 e. The van der Waals surface area contributed by atoms with Gasteiger partial charge in [-0.2, -0.15) is 0 Å². The van der Waals surface area contributed by atoms with Crippen LogP contribution in [0.3, 0.4) is 0 Å². The van der Waals surface area contributed by atoms with Crippen molar-refractivity contribution in [2.24, 2.45) is 5.92 Å². The molecule has 0 radical (unpaired) electrons. The van der Waals surface area contributed by atoms with Crippen LogP contribution in [0.15, 0.2) is 0 Å². The SMILES string of the molecule is CCCCCCCCCCCCC(CCCCCCCCCC)C(=O)OC(=O)CCCCC. The Hall–Kier alpha value is -0.860. The van der Waals surface area contributed by atoms with E-state index >= 15 is 0 Å². The topological polar surface area (TPSA) is 43.4 Å². The fraction of sp³-hybridized carbons (Fsp3) is 0.933. The molecule has 0 spiro atoms. The predicted octanol–water partition coefficient (Wildman–Crippen LogP) is 10.1. The predicted molar refractivity (Wildman–Crippen MR) is 142 cm³/mol. The lowest BCUT2D eigenvalue weighted by Gasteiger charge is -2.15. The van der Waals surface area contributed by atoms with Crippen LogP contribution >= 0.6 is 0 Å². The molecule has 0 aliphatic heterocycles. The molecule has 0 aromatic carbocycles. The molecule has 196 valence electrons. The summed E-state index contributed by atoms with van der Waals surface area (Å²) >= 11 is 0. The number of esters is 2. The first-order valence-corrected chi connectivity index (χ1v) is 14.9. The quantitative estimate of drug-likeness (QED) is 0.0763. The van der Waals surface area contributed by atoms with Crippen molar-refractivity contribution in [3.63, 3.8) is 0 Å². The van der Waals surface area contributed by atoms with Gasteiger partial charge < -0.3 is 4.74 Å². The van der Waals surface area contributed by atoms with Crippen LogP contribution in [-0.2, 0) is 14.3 Å². The smallest absolute Gasteiger partial charge is 0.316 e. The standard InChI is InChI=1S/C30H58O3/c1-4-7-10-12-14-16-17-19-21-24-26-28(25-23-20-18-15-13-11-8-5-2)30(32)33-29(31)27-22-9-6-3/h28H,4-27H2,1-3H3. The van der Waals surface area contributed by atoms with E-state index in [0.29, 0.717) is 6.42 Å². The molecule has 0 N–H and O–H groups in total. The van der Waals surface area contributed by atoms with E-state index in [1.807, 2.05) is 0 Å². The van der Waals surface area contributed by atoms with Crippen LogP contribution in [0.4, 0.5) is 0 Å². The van der Waals surface area contributed by atoms with Gasteiger partial charge in [0.2, 0.25) is 0 Å². The molecule has 0 rings (SSSR count). The summed E-state index contributed by atoms with van der Waals surface area (Å²) in [6.07, 6.45) is 28.2. The highest BCUT2D eigenvalue weighted by molar-refractivity contribution is 5.86. The van der Waals surface area contributed by atoms with Gasteiger partial charge in [0.05, 0.1) is 5.92 Å².